The maximum Gasteiger partial charge on any atom is 0.266 e. The number of nitrogens with two attached hydrogens (primary N) is 1. The molecule has 1 amide bonds. The van der Waals surface area contributed by atoms with Gasteiger partial charge in [0.25, 0.3) is 5.91 Å². The number of hydrogen-bond acceptors (Lipinski definition) is 7. The lowest BCUT2D eigenvalue weighted by atomic mass is 9.94. The molecule has 166 valence electrons. The lowest BCUT2D eigenvalue weighted by Gasteiger charge is -2.29. The Kier molecular flexibility index (Phi) is 7.06. The lowest BCUT2D eigenvalue weighted by Crippen LogP contribution is -2.39. The molecule has 0 bridgehead atoms. The van der Waals surface area contributed by atoms with Gasteiger partial charge in [0.15, 0.2) is 5.84 Å². The van der Waals surface area contributed by atoms with E-state index in [0.717, 1.165) is 5.56 Å². The summed E-state index contributed by atoms with van der Waals surface area (Å²) in [5.74, 6) is -0.219. The van der Waals surface area contributed by atoms with Gasteiger partial charge in [0.05, 0.1) is 23.0 Å². The Labute approximate surface area is 187 Å². The molecule has 1 aliphatic heterocycles. The second kappa shape index (κ2) is 9.56. The molecule has 0 saturated heterocycles. The van der Waals surface area contributed by atoms with Crippen LogP contribution in [0.2, 0.25) is 0 Å². The molecule has 9 nitrogen and oxygen atoms in total. The number of nitrogens with zero attached hydrogens (tertiary/aromatic N) is 4. The Hall–Kier alpha value is -2.79. The minimum absolute atomic E-state index is 0.0881. The fourth-order valence-electron chi connectivity index (χ4n) is 3.38. The van der Waals surface area contributed by atoms with Gasteiger partial charge < -0.3 is 25.9 Å². The highest BCUT2D eigenvalue weighted by Crippen LogP contribution is 2.31. The van der Waals surface area contributed by atoms with E-state index in [-0.39, 0.29) is 36.7 Å². The molecule has 31 heavy (non-hydrogen) atoms. The van der Waals surface area contributed by atoms with E-state index in [1.807, 2.05) is 0 Å². The first-order chi connectivity index (χ1) is 14.7. The third-order valence-electron chi connectivity index (χ3n) is 4.84. The number of fused-ring (bicyclic) bond motifs is 1. The summed E-state index contributed by atoms with van der Waals surface area (Å²) in [5, 5.41) is 16.8. The minimum Gasteiger partial charge on any atom is -0.396 e. The maximum absolute atomic E-state index is 13.6. The number of rotatable bonds is 6. The van der Waals surface area contributed by atoms with Crippen LogP contribution in [-0.2, 0) is 16.1 Å². The van der Waals surface area contributed by atoms with Crippen molar-refractivity contribution in [3.05, 3.63) is 51.0 Å². The number of amides is 1. The van der Waals surface area contributed by atoms with Gasteiger partial charge in [0.2, 0.25) is 12.1 Å². The van der Waals surface area contributed by atoms with Crippen LogP contribution in [0, 0.1) is 12.7 Å². The number of anilines is 1. The van der Waals surface area contributed by atoms with Crippen LogP contribution in [0.15, 0.2) is 27.8 Å². The molecular weight excluding hydrogens is 471 g/mol. The number of carbonyl (C=O) groups excluding carboxylic acids is 1. The first-order valence-corrected chi connectivity index (χ1v) is 10.4. The van der Waals surface area contributed by atoms with Crippen molar-refractivity contribution < 1.29 is 19.1 Å². The third-order valence-corrected chi connectivity index (χ3v) is 5.53. The highest BCUT2D eigenvalue weighted by Gasteiger charge is 2.30. The van der Waals surface area contributed by atoms with Crippen molar-refractivity contribution in [1.82, 2.24) is 20.2 Å². The van der Waals surface area contributed by atoms with E-state index >= 15 is 0 Å². The monoisotopic (exact) mass is 494 g/mol. The number of oxime groups is 1. The zero-order valence-electron chi connectivity index (χ0n) is 17.4. The smallest absolute Gasteiger partial charge is 0.266 e. The number of aromatic nitrogens is 2. The largest absolute Gasteiger partial charge is 0.396 e. The zero-order valence-corrected chi connectivity index (χ0v) is 19.0. The van der Waals surface area contributed by atoms with Crippen LogP contribution in [0.5, 0.6) is 0 Å². The molecule has 0 radical (unpaired) electrons. The number of carbonyl (C=O) groups is 1. The van der Waals surface area contributed by atoms with Crippen LogP contribution < -0.4 is 11.1 Å². The number of nitrogens with one attached hydrogen (secondary N) is 1. The Morgan fingerprint density at radius 1 is 1.48 bits per heavy atom. The van der Waals surface area contributed by atoms with Gasteiger partial charge in [0, 0.05) is 38.0 Å². The Morgan fingerprint density at radius 3 is 2.87 bits per heavy atom. The molecule has 0 spiro atoms. The molecule has 1 aromatic carbocycles. The predicted molar refractivity (Wildman–Crippen MR) is 117 cm³/mol. The molecule has 11 heteroatoms. The zero-order chi connectivity index (χ0) is 22.7. The fraction of sp³-hybridized carbons (Fsp3) is 0.400. The van der Waals surface area contributed by atoms with Crippen LogP contribution in [0.1, 0.15) is 35.0 Å². The topological polar surface area (TPSA) is 126 Å². The van der Waals surface area contributed by atoms with Crippen molar-refractivity contribution in [2.45, 2.75) is 31.9 Å². The number of halogens is 2. The second-order valence-electron chi connectivity index (χ2n) is 7.33. The van der Waals surface area contributed by atoms with E-state index < -0.39 is 6.10 Å². The summed E-state index contributed by atoms with van der Waals surface area (Å²) >= 11 is 3.40. The van der Waals surface area contributed by atoms with E-state index in [1.165, 1.54) is 17.0 Å². The van der Waals surface area contributed by atoms with Crippen molar-refractivity contribution in [2.75, 3.05) is 26.4 Å². The molecule has 0 unspecified atom stereocenters. The van der Waals surface area contributed by atoms with Gasteiger partial charge >= 0.3 is 0 Å². The molecule has 0 aliphatic carbocycles. The van der Waals surface area contributed by atoms with E-state index in [1.54, 1.807) is 27.1 Å². The molecule has 1 aliphatic rings. The van der Waals surface area contributed by atoms with Gasteiger partial charge in [-0.3, -0.25) is 4.79 Å². The molecule has 1 aromatic heterocycles. The number of nitrogen functional groups attached to an aromatic ring is 1. The summed E-state index contributed by atoms with van der Waals surface area (Å²) in [4.78, 5) is 27.8. The Bertz CT molecular complexity index is 1020. The van der Waals surface area contributed by atoms with Gasteiger partial charge in [-0.15, -0.1) is 0 Å². The van der Waals surface area contributed by atoms with Gasteiger partial charge in [-0.2, -0.15) is 0 Å². The number of likely N-dealkylation sites (N-methyl/N-ethyl adjacent to an activating group) is 1. The molecule has 0 fully saturated rings. The van der Waals surface area contributed by atoms with Gasteiger partial charge in [-0.25, -0.2) is 14.4 Å². The first-order valence-electron chi connectivity index (χ1n) is 9.62. The summed E-state index contributed by atoms with van der Waals surface area (Å²) in [6.07, 6.45) is -0.404. The highest BCUT2D eigenvalue weighted by molar-refractivity contribution is 9.10. The standard InChI is InChI=1S/C20H24BrFN6O3/c1-10-17-15(26-20(23)24-10)9-14(12-5-4-11(22)8-13(12)21)25-18(17)27-31-16(6-7-29)19(30)28(2)3/h4-5,8,14,16,29H,6-7,9H2,1-3H3,(H,25,27)(H2,23,24,26)/t14-,16+/m1/s1. The molecule has 0 saturated carbocycles. The van der Waals surface area contributed by atoms with Crippen molar-refractivity contribution >= 4 is 33.6 Å². The molecule has 2 aromatic rings. The molecular formula is C20H24BrFN6O3. The summed E-state index contributed by atoms with van der Waals surface area (Å²) in [7, 11) is 3.19. The van der Waals surface area contributed by atoms with Gasteiger partial charge in [0.1, 0.15) is 5.82 Å². The number of hydrogen-bond donors (Lipinski definition) is 3. The number of amidine groups is 1. The Morgan fingerprint density at radius 2 is 2.23 bits per heavy atom. The second-order valence-corrected chi connectivity index (χ2v) is 8.19. The van der Waals surface area contributed by atoms with E-state index in [2.05, 4.69) is 36.4 Å². The first kappa shape index (κ1) is 22.9. The number of benzene rings is 1. The van der Waals surface area contributed by atoms with E-state index in [9.17, 15) is 14.3 Å². The number of aryl methyl sites for hydroxylation is 1. The number of aliphatic hydroxyl groups excluding tert-OH is 1. The van der Waals surface area contributed by atoms with Crippen LogP contribution in [0.3, 0.4) is 0 Å². The number of aliphatic hydroxyl groups is 1. The maximum atomic E-state index is 13.6. The van der Waals surface area contributed by atoms with Crippen LogP contribution >= 0.6 is 15.9 Å². The molecule has 2 heterocycles. The molecule has 2 atom stereocenters. The predicted octanol–water partition coefficient (Wildman–Crippen LogP) is 1.67. The fourth-order valence-corrected chi connectivity index (χ4v) is 4.01. The Balaban J connectivity index is 2.01. The normalized spacial score (nSPS) is 17.6. The minimum atomic E-state index is -0.953. The van der Waals surface area contributed by atoms with Crippen molar-refractivity contribution in [3.8, 4) is 0 Å². The van der Waals surface area contributed by atoms with Gasteiger partial charge in [-0.1, -0.05) is 27.2 Å². The average molecular weight is 495 g/mol. The summed E-state index contributed by atoms with van der Waals surface area (Å²) in [6, 6.07) is 4.12. The van der Waals surface area contributed by atoms with Crippen LogP contribution in [-0.4, -0.2) is 58.5 Å². The lowest BCUT2D eigenvalue weighted by molar-refractivity contribution is -0.142. The summed E-state index contributed by atoms with van der Waals surface area (Å²) in [5.41, 5.74) is 8.53. The van der Waals surface area contributed by atoms with E-state index in [0.29, 0.717) is 33.7 Å². The third kappa shape index (κ3) is 5.10. The van der Waals surface area contributed by atoms with Crippen LogP contribution in [0.4, 0.5) is 10.3 Å². The average Bonchev–Trinajstić information content (AvgIpc) is 2.69. The van der Waals surface area contributed by atoms with Crippen molar-refractivity contribution in [1.29, 1.82) is 0 Å². The molecule has 4 N–H and O–H groups in total. The summed E-state index contributed by atoms with van der Waals surface area (Å²) < 4.78 is 14.2. The quantitative estimate of drug-likeness (QED) is 0.521. The van der Waals surface area contributed by atoms with Crippen molar-refractivity contribution in [2.24, 2.45) is 5.16 Å². The van der Waals surface area contributed by atoms with Gasteiger partial charge in [-0.05, 0) is 24.6 Å². The van der Waals surface area contributed by atoms with Crippen LogP contribution in [0.25, 0.3) is 0 Å². The molecule has 3 rings (SSSR count). The SMILES string of the molecule is Cc1nc(N)nc2c1/C(=N/O[C@@H](CCO)C(=O)N(C)C)N[C@@H](c1ccc(F)cc1Br)C2. The highest BCUT2D eigenvalue weighted by atomic mass is 79.9. The summed E-state index contributed by atoms with van der Waals surface area (Å²) in [6.45, 7) is 1.54. The van der Waals surface area contributed by atoms with E-state index in [4.69, 9.17) is 10.6 Å². The van der Waals surface area contributed by atoms with Crippen molar-refractivity contribution in [3.63, 3.8) is 0 Å².